The summed E-state index contributed by atoms with van der Waals surface area (Å²) in [6, 6.07) is 14.9. The van der Waals surface area contributed by atoms with Gasteiger partial charge in [-0.25, -0.2) is 0 Å². The number of fused-ring (bicyclic) bond motifs is 1. The highest BCUT2D eigenvalue weighted by Crippen LogP contribution is 2.46. The summed E-state index contributed by atoms with van der Waals surface area (Å²) in [5, 5.41) is 1.73. The third kappa shape index (κ3) is 3.30. The fraction of sp³-hybridized carbons (Fsp3) is 0.286. The normalized spacial score (nSPS) is 20.7. The number of carbonyl (C=O) groups is 1. The van der Waals surface area contributed by atoms with Crippen molar-refractivity contribution in [3.63, 3.8) is 0 Å². The molecule has 0 radical (unpaired) electrons. The van der Waals surface area contributed by atoms with Crippen molar-refractivity contribution in [1.29, 1.82) is 0 Å². The van der Waals surface area contributed by atoms with Gasteiger partial charge in [-0.1, -0.05) is 46.3 Å². The highest BCUT2D eigenvalue weighted by atomic mass is 79.9. The topological polar surface area (TPSA) is 32.9 Å². The zero-order valence-corrected chi connectivity index (χ0v) is 16.5. The predicted molar refractivity (Wildman–Crippen MR) is 110 cm³/mol. The molecule has 1 aliphatic heterocycles. The number of thioether (sulfide) groups is 1. The number of benzene rings is 2. The molecular formula is C21H20BrNOS. The van der Waals surface area contributed by atoms with Gasteiger partial charge >= 0.3 is 0 Å². The fourth-order valence-electron chi connectivity index (χ4n) is 3.81. The quantitative estimate of drug-likeness (QED) is 0.497. The van der Waals surface area contributed by atoms with E-state index >= 15 is 0 Å². The summed E-state index contributed by atoms with van der Waals surface area (Å²) in [6.45, 7) is 1.63. The molecule has 0 spiro atoms. The van der Waals surface area contributed by atoms with Crippen LogP contribution in [-0.4, -0.2) is 16.5 Å². The van der Waals surface area contributed by atoms with Crippen LogP contribution in [0.2, 0.25) is 0 Å². The summed E-state index contributed by atoms with van der Waals surface area (Å²) < 4.78 is 0.968. The van der Waals surface area contributed by atoms with E-state index in [0.717, 1.165) is 22.0 Å². The standard InChI is InChI=1S/C21H20BrNOS/c1-13(24)17-10-16(22)11-18-19(12-23-21(17)18)15-7-8-25-20(9-15)14-5-3-2-4-6-14/h2-6,10-12,15,20,23H,7-9H2,1H3. The Morgan fingerprint density at radius 1 is 1.24 bits per heavy atom. The second-order valence-electron chi connectivity index (χ2n) is 6.67. The molecule has 0 saturated carbocycles. The Balaban J connectivity index is 1.71. The lowest BCUT2D eigenvalue weighted by Crippen LogP contribution is -2.11. The number of hydrogen-bond donors (Lipinski definition) is 1. The van der Waals surface area contributed by atoms with E-state index in [-0.39, 0.29) is 5.78 Å². The van der Waals surface area contributed by atoms with Crippen LogP contribution in [0.3, 0.4) is 0 Å². The van der Waals surface area contributed by atoms with Gasteiger partial charge in [0.1, 0.15) is 0 Å². The van der Waals surface area contributed by atoms with Crippen molar-refractivity contribution in [2.45, 2.75) is 30.9 Å². The third-order valence-corrected chi connectivity index (χ3v) is 6.86. The number of hydrogen-bond acceptors (Lipinski definition) is 2. The van der Waals surface area contributed by atoms with Crippen molar-refractivity contribution >= 4 is 44.4 Å². The number of carbonyl (C=O) groups excluding carboxylic acids is 1. The number of nitrogens with one attached hydrogen (secondary N) is 1. The van der Waals surface area contributed by atoms with Crippen molar-refractivity contribution in [3.05, 3.63) is 69.8 Å². The molecule has 2 unspecified atom stereocenters. The number of aromatic amines is 1. The van der Waals surface area contributed by atoms with Gasteiger partial charge in [-0.15, -0.1) is 0 Å². The van der Waals surface area contributed by atoms with Gasteiger partial charge in [0.15, 0.2) is 5.78 Å². The Kier molecular flexibility index (Phi) is 4.74. The minimum atomic E-state index is 0.0982. The first-order valence-corrected chi connectivity index (χ1v) is 10.5. The molecule has 0 bridgehead atoms. The van der Waals surface area contributed by atoms with Crippen LogP contribution in [0.5, 0.6) is 0 Å². The van der Waals surface area contributed by atoms with E-state index in [2.05, 4.69) is 75.3 Å². The number of Topliss-reactive ketones (excluding diaryl/α,β-unsaturated/α-hetero) is 1. The minimum absolute atomic E-state index is 0.0982. The van der Waals surface area contributed by atoms with Crippen LogP contribution < -0.4 is 0 Å². The Bertz CT molecular complexity index is 918. The highest BCUT2D eigenvalue weighted by Gasteiger charge is 2.27. The SMILES string of the molecule is CC(=O)c1cc(Br)cc2c(C3CCSC(c4ccccc4)C3)c[nH]c12. The summed E-state index contributed by atoms with van der Waals surface area (Å²) in [4.78, 5) is 15.4. The minimum Gasteiger partial charge on any atom is -0.360 e. The van der Waals surface area contributed by atoms with Gasteiger partial charge in [-0.05, 0) is 54.7 Å². The molecule has 25 heavy (non-hydrogen) atoms. The lowest BCUT2D eigenvalue weighted by Gasteiger charge is -2.29. The molecule has 4 heteroatoms. The molecule has 2 heterocycles. The van der Waals surface area contributed by atoms with Crippen molar-refractivity contribution in [1.82, 2.24) is 4.98 Å². The number of halogens is 1. The van der Waals surface area contributed by atoms with Gasteiger partial charge in [0.2, 0.25) is 0 Å². The summed E-state index contributed by atoms with van der Waals surface area (Å²) in [6.07, 6.45) is 4.44. The number of H-pyrrole nitrogens is 1. The third-order valence-electron chi connectivity index (χ3n) is 5.06. The van der Waals surface area contributed by atoms with E-state index in [1.807, 2.05) is 6.07 Å². The summed E-state index contributed by atoms with van der Waals surface area (Å²) in [7, 11) is 0. The first-order valence-electron chi connectivity index (χ1n) is 8.61. The molecule has 1 fully saturated rings. The Morgan fingerprint density at radius 3 is 2.80 bits per heavy atom. The van der Waals surface area contributed by atoms with Crippen molar-refractivity contribution in [2.75, 3.05) is 5.75 Å². The van der Waals surface area contributed by atoms with Crippen LogP contribution in [-0.2, 0) is 0 Å². The molecular weight excluding hydrogens is 394 g/mol. The van der Waals surface area contributed by atoms with E-state index in [9.17, 15) is 4.79 Å². The van der Waals surface area contributed by atoms with Crippen molar-refractivity contribution < 1.29 is 4.79 Å². The molecule has 0 aliphatic carbocycles. The Hall–Kier alpha value is -1.52. The average Bonchev–Trinajstić information content (AvgIpc) is 3.05. The summed E-state index contributed by atoms with van der Waals surface area (Å²) >= 11 is 5.63. The van der Waals surface area contributed by atoms with Crippen molar-refractivity contribution in [3.8, 4) is 0 Å². The molecule has 1 N–H and O–H groups in total. The molecule has 1 aliphatic rings. The second kappa shape index (κ2) is 7.00. The molecule has 4 rings (SSSR count). The smallest absolute Gasteiger partial charge is 0.161 e. The Labute approximate surface area is 160 Å². The monoisotopic (exact) mass is 413 g/mol. The van der Waals surface area contributed by atoms with E-state index in [1.165, 1.54) is 28.7 Å². The van der Waals surface area contributed by atoms with Crippen LogP contribution in [0.25, 0.3) is 10.9 Å². The van der Waals surface area contributed by atoms with Crippen LogP contribution in [0.4, 0.5) is 0 Å². The van der Waals surface area contributed by atoms with Gasteiger partial charge in [0, 0.05) is 26.9 Å². The van der Waals surface area contributed by atoms with E-state index < -0.39 is 0 Å². The summed E-state index contributed by atoms with van der Waals surface area (Å²) in [5.74, 6) is 1.79. The zero-order chi connectivity index (χ0) is 17.4. The maximum absolute atomic E-state index is 12.0. The van der Waals surface area contributed by atoms with Gasteiger partial charge in [0.25, 0.3) is 0 Å². The number of ketones is 1. The van der Waals surface area contributed by atoms with Crippen LogP contribution in [0.1, 0.15) is 52.4 Å². The van der Waals surface area contributed by atoms with E-state index in [4.69, 9.17) is 0 Å². The number of rotatable bonds is 3. The van der Waals surface area contributed by atoms with Crippen LogP contribution in [0.15, 0.2) is 53.1 Å². The highest BCUT2D eigenvalue weighted by molar-refractivity contribution is 9.10. The molecule has 2 nitrogen and oxygen atoms in total. The van der Waals surface area contributed by atoms with Gasteiger partial charge in [-0.3, -0.25) is 4.79 Å². The zero-order valence-electron chi connectivity index (χ0n) is 14.1. The first kappa shape index (κ1) is 16.9. The predicted octanol–water partition coefficient (Wildman–Crippen LogP) is 6.48. The maximum Gasteiger partial charge on any atom is 0.161 e. The lowest BCUT2D eigenvalue weighted by atomic mass is 9.88. The van der Waals surface area contributed by atoms with Crippen LogP contribution in [0, 0.1) is 0 Å². The molecule has 2 atom stereocenters. The van der Waals surface area contributed by atoms with Gasteiger partial charge < -0.3 is 4.98 Å². The second-order valence-corrected chi connectivity index (χ2v) is 8.89. The molecule has 3 aromatic rings. The van der Waals surface area contributed by atoms with Gasteiger partial charge in [-0.2, -0.15) is 11.8 Å². The van der Waals surface area contributed by atoms with Gasteiger partial charge in [0.05, 0.1) is 5.52 Å². The fourth-order valence-corrected chi connectivity index (χ4v) is 5.69. The average molecular weight is 414 g/mol. The molecule has 0 amide bonds. The Morgan fingerprint density at radius 2 is 2.04 bits per heavy atom. The maximum atomic E-state index is 12.0. The summed E-state index contributed by atoms with van der Waals surface area (Å²) in [5.41, 5.74) is 4.50. The molecule has 128 valence electrons. The molecule has 1 aromatic heterocycles. The first-order chi connectivity index (χ1) is 12.1. The lowest BCUT2D eigenvalue weighted by molar-refractivity contribution is 0.101. The van der Waals surface area contributed by atoms with Crippen LogP contribution >= 0.6 is 27.7 Å². The molecule has 2 aromatic carbocycles. The van der Waals surface area contributed by atoms with E-state index in [0.29, 0.717) is 11.2 Å². The largest absolute Gasteiger partial charge is 0.360 e. The van der Waals surface area contributed by atoms with E-state index in [1.54, 1.807) is 6.92 Å². The number of aromatic nitrogens is 1. The van der Waals surface area contributed by atoms with Crippen molar-refractivity contribution in [2.24, 2.45) is 0 Å². The molecule has 1 saturated heterocycles.